The van der Waals surface area contributed by atoms with E-state index in [1.807, 2.05) is 0 Å². The maximum Gasteiger partial charge on any atom is 0.341 e. The van der Waals surface area contributed by atoms with Crippen molar-refractivity contribution < 1.29 is 15.0 Å². The molecule has 7 nitrogen and oxygen atoms in total. The summed E-state index contributed by atoms with van der Waals surface area (Å²) in [5, 5.41) is 21.2. The molecule has 0 bridgehead atoms. The monoisotopic (exact) mass is 294 g/mol. The van der Waals surface area contributed by atoms with E-state index in [1.54, 1.807) is 24.4 Å². The fourth-order valence-electron chi connectivity index (χ4n) is 1.59. The molecular formula is C12H11ClN4O3. The van der Waals surface area contributed by atoms with E-state index in [-0.39, 0.29) is 23.3 Å². The number of aliphatic hydroxyl groups excluding tert-OH is 1. The van der Waals surface area contributed by atoms with Crippen molar-refractivity contribution in [3.63, 3.8) is 0 Å². The number of nitrogens with zero attached hydrogens (tertiary/aromatic N) is 3. The van der Waals surface area contributed by atoms with Gasteiger partial charge in [-0.25, -0.2) is 9.78 Å². The fraction of sp³-hybridized carbons (Fsp3) is 0.167. The molecule has 0 amide bonds. The Kier molecular flexibility index (Phi) is 4.44. The lowest BCUT2D eigenvalue weighted by molar-refractivity contribution is 0.0697. The zero-order chi connectivity index (χ0) is 14.5. The molecule has 1 unspecified atom stereocenters. The molecule has 0 spiro atoms. The molecular weight excluding hydrogens is 284 g/mol. The van der Waals surface area contributed by atoms with Crippen molar-refractivity contribution in [3.05, 3.63) is 47.1 Å². The highest BCUT2D eigenvalue weighted by Gasteiger charge is 2.18. The highest BCUT2D eigenvalue weighted by atomic mass is 35.5. The first-order valence-electron chi connectivity index (χ1n) is 5.66. The van der Waals surface area contributed by atoms with Gasteiger partial charge in [0.25, 0.3) is 0 Å². The maximum absolute atomic E-state index is 11.1. The van der Waals surface area contributed by atoms with E-state index in [4.69, 9.17) is 16.7 Å². The van der Waals surface area contributed by atoms with Gasteiger partial charge < -0.3 is 15.5 Å². The number of nitrogens with one attached hydrogen (secondary N) is 1. The molecule has 0 aliphatic heterocycles. The van der Waals surface area contributed by atoms with Crippen LogP contribution in [0, 0.1) is 0 Å². The van der Waals surface area contributed by atoms with Gasteiger partial charge in [-0.3, -0.25) is 4.98 Å². The number of carboxylic acids is 1. The molecule has 0 radical (unpaired) electrons. The number of aliphatic hydroxyl groups is 1. The molecule has 3 N–H and O–H groups in total. The Balaban J connectivity index is 2.32. The number of halogens is 1. The van der Waals surface area contributed by atoms with E-state index in [2.05, 4.69) is 20.3 Å². The first kappa shape index (κ1) is 14.2. The van der Waals surface area contributed by atoms with Crippen LogP contribution in [0.3, 0.4) is 0 Å². The summed E-state index contributed by atoms with van der Waals surface area (Å²) in [5.74, 6) is -1.16. The average molecular weight is 295 g/mol. The number of aromatic carboxylic acids is 1. The lowest BCUT2D eigenvalue weighted by Crippen LogP contribution is -2.19. The summed E-state index contributed by atoms with van der Waals surface area (Å²) in [5.41, 5.74) is 0.421. The number of pyridine rings is 1. The molecule has 20 heavy (non-hydrogen) atoms. The molecule has 0 aliphatic rings. The topological polar surface area (TPSA) is 108 Å². The molecule has 0 aliphatic carbocycles. The third-order valence-electron chi connectivity index (χ3n) is 2.53. The second kappa shape index (κ2) is 6.27. The molecule has 1 atom stereocenters. The summed E-state index contributed by atoms with van der Waals surface area (Å²) < 4.78 is 0. The van der Waals surface area contributed by atoms with E-state index in [9.17, 15) is 9.90 Å². The van der Waals surface area contributed by atoms with E-state index < -0.39 is 12.0 Å². The average Bonchev–Trinajstić information content (AvgIpc) is 2.45. The summed E-state index contributed by atoms with van der Waals surface area (Å²) in [6.45, 7) is -0.280. The number of hydrogen-bond donors (Lipinski definition) is 3. The van der Waals surface area contributed by atoms with Crippen molar-refractivity contribution in [3.8, 4) is 0 Å². The van der Waals surface area contributed by atoms with Crippen LogP contribution in [0.1, 0.15) is 22.1 Å². The lowest BCUT2D eigenvalue weighted by Gasteiger charge is -2.17. The lowest BCUT2D eigenvalue weighted by atomic mass is 10.2. The zero-order valence-electron chi connectivity index (χ0n) is 10.2. The minimum Gasteiger partial charge on any atom is -0.477 e. The van der Waals surface area contributed by atoms with Crippen molar-refractivity contribution >= 4 is 23.4 Å². The summed E-state index contributed by atoms with van der Waals surface area (Å²) in [6.07, 6.45) is 2.68. The molecule has 2 rings (SSSR count). The van der Waals surface area contributed by atoms with Crippen LogP contribution < -0.4 is 5.32 Å². The van der Waals surface area contributed by atoms with Crippen LogP contribution in [0.15, 0.2) is 30.6 Å². The molecule has 8 heteroatoms. The van der Waals surface area contributed by atoms with Crippen LogP contribution in [-0.2, 0) is 0 Å². The zero-order valence-corrected chi connectivity index (χ0v) is 10.9. The van der Waals surface area contributed by atoms with Gasteiger partial charge >= 0.3 is 5.97 Å². The van der Waals surface area contributed by atoms with Gasteiger partial charge in [0.1, 0.15) is 11.4 Å². The van der Waals surface area contributed by atoms with E-state index in [0.29, 0.717) is 5.69 Å². The summed E-state index contributed by atoms with van der Waals surface area (Å²) in [6, 6.07) is 4.61. The predicted molar refractivity (Wildman–Crippen MR) is 71.7 cm³/mol. The number of rotatable bonds is 5. The molecule has 0 saturated carbocycles. The number of anilines is 1. The first-order chi connectivity index (χ1) is 9.61. The Morgan fingerprint density at radius 3 is 2.80 bits per heavy atom. The minimum absolute atomic E-state index is 0.0298. The molecule has 104 valence electrons. The van der Waals surface area contributed by atoms with Crippen LogP contribution >= 0.6 is 11.6 Å². The van der Waals surface area contributed by atoms with Gasteiger partial charge in [0.2, 0.25) is 5.28 Å². The quantitative estimate of drug-likeness (QED) is 0.715. The largest absolute Gasteiger partial charge is 0.477 e. The van der Waals surface area contributed by atoms with Gasteiger partial charge in [-0.15, -0.1) is 0 Å². The Morgan fingerprint density at radius 2 is 2.20 bits per heavy atom. The van der Waals surface area contributed by atoms with Crippen molar-refractivity contribution in [2.45, 2.75) is 6.04 Å². The molecule has 2 heterocycles. The standard InChI is InChI=1S/C12H11ClN4O3/c13-12-15-5-7(11(19)20)10(17-12)16-9(6-18)8-3-1-2-4-14-8/h1-5,9,18H,6H2,(H,19,20)(H,15,16,17). The summed E-state index contributed by atoms with van der Waals surface area (Å²) >= 11 is 5.66. The third kappa shape index (κ3) is 3.19. The van der Waals surface area contributed by atoms with Crippen LogP contribution in [0.5, 0.6) is 0 Å². The summed E-state index contributed by atoms with van der Waals surface area (Å²) in [7, 11) is 0. The summed E-state index contributed by atoms with van der Waals surface area (Å²) in [4.78, 5) is 22.6. The van der Waals surface area contributed by atoms with Gasteiger partial charge in [0.05, 0.1) is 18.3 Å². The van der Waals surface area contributed by atoms with E-state index in [1.165, 1.54) is 0 Å². The van der Waals surface area contributed by atoms with Crippen molar-refractivity contribution in [2.24, 2.45) is 0 Å². The Bertz CT molecular complexity index is 609. The highest BCUT2D eigenvalue weighted by Crippen LogP contribution is 2.20. The minimum atomic E-state index is -1.19. The normalized spacial score (nSPS) is 11.9. The molecule has 0 aromatic carbocycles. The Hall–Kier alpha value is -2.25. The SMILES string of the molecule is O=C(O)c1cnc(Cl)nc1NC(CO)c1ccccn1. The van der Waals surface area contributed by atoms with Crippen LogP contribution in [0.2, 0.25) is 5.28 Å². The second-order valence-electron chi connectivity index (χ2n) is 3.84. The van der Waals surface area contributed by atoms with Crippen molar-refractivity contribution in [2.75, 3.05) is 11.9 Å². The van der Waals surface area contributed by atoms with Gasteiger partial charge in [0.15, 0.2) is 0 Å². The Labute approximate surface area is 119 Å². The first-order valence-corrected chi connectivity index (χ1v) is 6.03. The van der Waals surface area contributed by atoms with Gasteiger partial charge in [-0.1, -0.05) is 6.07 Å². The third-order valence-corrected chi connectivity index (χ3v) is 2.71. The molecule has 2 aromatic rings. The van der Waals surface area contributed by atoms with Crippen LogP contribution in [0.4, 0.5) is 5.82 Å². The predicted octanol–water partition coefficient (Wildman–Crippen LogP) is 1.37. The Morgan fingerprint density at radius 1 is 1.40 bits per heavy atom. The fourth-order valence-corrected chi connectivity index (χ4v) is 1.72. The number of carbonyl (C=O) groups is 1. The number of aromatic nitrogens is 3. The molecule has 0 fully saturated rings. The molecule has 2 aromatic heterocycles. The maximum atomic E-state index is 11.1. The number of hydrogen-bond acceptors (Lipinski definition) is 6. The van der Waals surface area contributed by atoms with E-state index in [0.717, 1.165) is 6.20 Å². The molecule has 0 saturated heterocycles. The van der Waals surface area contributed by atoms with Crippen LogP contribution in [-0.4, -0.2) is 37.7 Å². The van der Waals surface area contributed by atoms with Crippen molar-refractivity contribution in [1.82, 2.24) is 15.0 Å². The van der Waals surface area contributed by atoms with Gasteiger partial charge in [-0.2, -0.15) is 4.98 Å². The smallest absolute Gasteiger partial charge is 0.341 e. The van der Waals surface area contributed by atoms with Crippen LogP contribution in [0.25, 0.3) is 0 Å². The van der Waals surface area contributed by atoms with Crippen molar-refractivity contribution in [1.29, 1.82) is 0 Å². The van der Waals surface area contributed by atoms with Gasteiger partial charge in [0, 0.05) is 12.4 Å². The number of carboxylic acid groups (broad SMARTS) is 1. The van der Waals surface area contributed by atoms with Gasteiger partial charge in [-0.05, 0) is 23.7 Å². The highest BCUT2D eigenvalue weighted by molar-refractivity contribution is 6.28. The second-order valence-corrected chi connectivity index (χ2v) is 4.18. The van der Waals surface area contributed by atoms with E-state index >= 15 is 0 Å².